The topological polar surface area (TPSA) is 49.3 Å². The van der Waals surface area contributed by atoms with E-state index >= 15 is 0 Å². The molecule has 0 bridgehead atoms. The number of carbonyl (C=O) groups excluding carboxylic acids is 1. The molecule has 3 nitrogen and oxygen atoms in total. The van der Waals surface area contributed by atoms with Crippen molar-refractivity contribution in [3.05, 3.63) is 34.9 Å². The number of hydrogen-bond donors (Lipinski definition) is 2. The largest absolute Gasteiger partial charge is 0.393 e. The van der Waals surface area contributed by atoms with E-state index in [4.69, 9.17) is 11.6 Å². The SMILES string of the molecule is CC(C)C(C(=O)NCC1CCCC1O)c1ccc(Cl)cc1. The van der Waals surface area contributed by atoms with Crippen LogP contribution in [0.5, 0.6) is 0 Å². The molecular weight excluding hydrogens is 286 g/mol. The minimum Gasteiger partial charge on any atom is -0.393 e. The van der Waals surface area contributed by atoms with Gasteiger partial charge in [-0.15, -0.1) is 0 Å². The molecule has 116 valence electrons. The summed E-state index contributed by atoms with van der Waals surface area (Å²) in [6.07, 6.45) is 2.63. The van der Waals surface area contributed by atoms with Crippen LogP contribution in [0.25, 0.3) is 0 Å². The molecule has 2 N–H and O–H groups in total. The van der Waals surface area contributed by atoms with Crippen molar-refractivity contribution in [1.82, 2.24) is 5.32 Å². The summed E-state index contributed by atoms with van der Waals surface area (Å²) < 4.78 is 0. The third kappa shape index (κ3) is 4.21. The highest BCUT2D eigenvalue weighted by Crippen LogP contribution is 2.27. The minimum atomic E-state index is -0.265. The normalized spacial score (nSPS) is 23.3. The van der Waals surface area contributed by atoms with Gasteiger partial charge in [0.15, 0.2) is 0 Å². The fraction of sp³-hybridized carbons (Fsp3) is 0.588. The van der Waals surface area contributed by atoms with Crippen LogP contribution in [-0.2, 0) is 4.79 Å². The number of aliphatic hydroxyl groups excluding tert-OH is 1. The summed E-state index contributed by atoms with van der Waals surface area (Å²) in [6.45, 7) is 4.66. The Morgan fingerprint density at radius 1 is 1.33 bits per heavy atom. The zero-order chi connectivity index (χ0) is 15.4. The molecule has 1 aliphatic rings. The molecule has 1 aromatic rings. The number of halogens is 1. The van der Waals surface area contributed by atoms with Crippen molar-refractivity contribution in [1.29, 1.82) is 0 Å². The van der Waals surface area contributed by atoms with Gasteiger partial charge in [0.2, 0.25) is 5.91 Å². The number of aliphatic hydroxyl groups is 1. The first-order valence-electron chi connectivity index (χ1n) is 7.70. The number of carbonyl (C=O) groups is 1. The molecule has 0 aliphatic heterocycles. The summed E-state index contributed by atoms with van der Waals surface area (Å²) in [4.78, 5) is 12.5. The van der Waals surface area contributed by atoms with Crippen molar-refractivity contribution in [2.45, 2.75) is 45.1 Å². The van der Waals surface area contributed by atoms with Crippen LogP contribution in [-0.4, -0.2) is 23.7 Å². The average Bonchev–Trinajstić information content (AvgIpc) is 2.84. The average molecular weight is 310 g/mol. The number of amides is 1. The zero-order valence-corrected chi connectivity index (χ0v) is 13.4. The summed E-state index contributed by atoms with van der Waals surface area (Å²) in [5.74, 6) is 0.263. The van der Waals surface area contributed by atoms with Crippen LogP contribution < -0.4 is 5.32 Å². The molecule has 3 unspecified atom stereocenters. The minimum absolute atomic E-state index is 0.0337. The van der Waals surface area contributed by atoms with Gasteiger partial charge in [-0.1, -0.05) is 44.0 Å². The van der Waals surface area contributed by atoms with Crippen LogP contribution in [0.3, 0.4) is 0 Å². The maximum atomic E-state index is 12.5. The van der Waals surface area contributed by atoms with Gasteiger partial charge in [-0.3, -0.25) is 4.79 Å². The summed E-state index contributed by atoms with van der Waals surface area (Å²) in [5, 5.41) is 13.5. The predicted octanol–water partition coefficient (Wildman–Crippen LogP) is 3.36. The molecule has 1 fully saturated rings. The van der Waals surface area contributed by atoms with Crippen LogP contribution >= 0.6 is 11.6 Å². The highest BCUT2D eigenvalue weighted by molar-refractivity contribution is 6.30. The Kier molecular flexibility index (Phi) is 5.65. The first kappa shape index (κ1) is 16.3. The van der Waals surface area contributed by atoms with E-state index in [0.717, 1.165) is 24.8 Å². The van der Waals surface area contributed by atoms with Crippen LogP contribution in [0, 0.1) is 11.8 Å². The van der Waals surface area contributed by atoms with Gasteiger partial charge in [0.1, 0.15) is 0 Å². The fourth-order valence-electron chi connectivity index (χ4n) is 3.11. The van der Waals surface area contributed by atoms with E-state index in [0.29, 0.717) is 11.6 Å². The van der Waals surface area contributed by atoms with Crippen LogP contribution in [0.4, 0.5) is 0 Å². The van der Waals surface area contributed by atoms with Gasteiger partial charge in [-0.05, 0) is 36.5 Å². The summed E-state index contributed by atoms with van der Waals surface area (Å²) >= 11 is 5.91. The van der Waals surface area contributed by atoms with Gasteiger partial charge in [0, 0.05) is 17.5 Å². The lowest BCUT2D eigenvalue weighted by atomic mass is 9.87. The second-order valence-electron chi connectivity index (χ2n) is 6.28. The van der Waals surface area contributed by atoms with Crippen molar-refractivity contribution < 1.29 is 9.90 Å². The Morgan fingerprint density at radius 3 is 2.52 bits per heavy atom. The molecule has 2 rings (SSSR count). The molecular formula is C17H24ClNO2. The second kappa shape index (κ2) is 7.28. The molecule has 0 saturated heterocycles. The zero-order valence-electron chi connectivity index (χ0n) is 12.7. The Balaban J connectivity index is 2.00. The van der Waals surface area contributed by atoms with Gasteiger partial charge in [-0.2, -0.15) is 0 Å². The first-order valence-corrected chi connectivity index (χ1v) is 8.08. The number of rotatable bonds is 5. The van der Waals surface area contributed by atoms with Crippen LogP contribution in [0.15, 0.2) is 24.3 Å². The van der Waals surface area contributed by atoms with E-state index in [9.17, 15) is 9.90 Å². The number of benzene rings is 1. The van der Waals surface area contributed by atoms with Gasteiger partial charge in [0.05, 0.1) is 12.0 Å². The quantitative estimate of drug-likeness (QED) is 0.876. The molecule has 0 radical (unpaired) electrons. The summed E-state index contributed by atoms with van der Waals surface area (Å²) in [6, 6.07) is 7.47. The second-order valence-corrected chi connectivity index (χ2v) is 6.71. The van der Waals surface area contributed by atoms with Crippen molar-refractivity contribution in [2.24, 2.45) is 11.8 Å². The molecule has 1 aromatic carbocycles. The maximum absolute atomic E-state index is 12.5. The molecule has 1 saturated carbocycles. The van der Waals surface area contributed by atoms with Crippen molar-refractivity contribution in [3.63, 3.8) is 0 Å². The Morgan fingerprint density at radius 2 is 2.00 bits per heavy atom. The van der Waals surface area contributed by atoms with Crippen molar-refractivity contribution >= 4 is 17.5 Å². The van der Waals surface area contributed by atoms with Gasteiger partial charge < -0.3 is 10.4 Å². The molecule has 21 heavy (non-hydrogen) atoms. The van der Waals surface area contributed by atoms with Crippen LogP contribution in [0.1, 0.15) is 44.6 Å². The molecule has 0 heterocycles. The van der Waals surface area contributed by atoms with E-state index in [2.05, 4.69) is 5.32 Å². The third-order valence-electron chi connectivity index (χ3n) is 4.34. The number of nitrogens with one attached hydrogen (secondary N) is 1. The third-order valence-corrected chi connectivity index (χ3v) is 4.59. The highest BCUT2D eigenvalue weighted by atomic mass is 35.5. The smallest absolute Gasteiger partial charge is 0.227 e. The summed E-state index contributed by atoms with van der Waals surface area (Å²) in [7, 11) is 0. The van der Waals surface area contributed by atoms with Gasteiger partial charge >= 0.3 is 0 Å². The lowest BCUT2D eigenvalue weighted by Crippen LogP contribution is -2.37. The van der Waals surface area contributed by atoms with E-state index in [1.807, 2.05) is 38.1 Å². The fourth-order valence-corrected chi connectivity index (χ4v) is 3.23. The summed E-state index contributed by atoms with van der Waals surface area (Å²) in [5.41, 5.74) is 0.985. The predicted molar refractivity (Wildman–Crippen MR) is 85.4 cm³/mol. The first-order chi connectivity index (χ1) is 9.99. The Hall–Kier alpha value is -1.06. The molecule has 1 amide bonds. The van der Waals surface area contributed by atoms with Crippen LogP contribution in [0.2, 0.25) is 5.02 Å². The van der Waals surface area contributed by atoms with Gasteiger partial charge in [0.25, 0.3) is 0 Å². The maximum Gasteiger partial charge on any atom is 0.227 e. The standard InChI is InChI=1S/C17H24ClNO2/c1-11(2)16(12-6-8-14(18)9-7-12)17(21)19-10-13-4-3-5-15(13)20/h6-9,11,13,15-16,20H,3-5,10H2,1-2H3,(H,19,21). The van der Waals surface area contributed by atoms with Crippen molar-refractivity contribution in [3.8, 4) is 0 Å². The Bertz CT molecular complexity index is 472. The van der Waals surface area contributed by atoms with Gasteiger partial charge in [-0.25, -0.2) is 0 Å². The highest BCUT2D eigenvalue weighted by Gasteiger charge is 2.28. The Labute approximate surface area is 131 Å². The molecule has 0 aromatic heterocycles. The van der Waals surface area contributed by atoms with Crippen molar-refractivity contribution in [2.75, 3.05) is 6.54 Å². The van der Waals surface area contributed by atoms with E-state index in [-0.39, 0.29) is 29.8 Å². The lowest BCUT2D eigenvalue weighted by molar-refractivity contribution is -0.123. The number of hydrogen-bond acceptors (Lipinski definition) is 2. The molecule has 4 heteroatoms. The monoisotopic (exact) mass is 309 g/mol. The van der Waals surface area contributed by atoms with E-state index in [1.165, 1.54) is 0 Å². The lowest BCUT2D eigenvalue weighted by Gasteiger charge is -2.23. The molecule has 1 aliphatic carbocycles. The van der Waals surface area contributed by atoms with E-state index < -0.39 is 0 Å². The molecule has 3 atom stereocenters. The molecule has 0 spiro atoms. The van der Waals surface area contributed by atoms with E-state index in [1.54, 1.807) is 0 Å².